The first-order valence-electron chi connectivity index (χ1n) is 5.24. The van der Waals surface area contributed by atoms with Gasteiger partial charge in [-0.1, -0.05) is 22.8 Å². The van der Waals surface area contributed by atoms with Gasteiger partial charge < -0.3 is 5.73 Å². The molecule has 18 heavy (non-hydrogen) atoms. The fraction of sp³-hybridized carbons (Fsp3) is 0.200. The average molecular weight is 267 g/mol. The Labute approximate surface area is 108 Å². The van der Waals surface area contributed by atoms with Gasteiger partial charge >= 0.3 is 0 Å². The lowest BCUT2D eigenvalue weighted by molar-refractivity contribution is 0.102. The van der Waals surface area contributed by atoms with Crippen molar-refractivity contribution in [3.63, 3.8) is 0 Å². The van der Waals surface area contributed by atoms with Crippen molar-refractivity contribution >= 4 is 23.5 Å². The zero-order chi connectivity index (χ0) is 13.0. The number of rotatable bonds is 4. The predicted octanol–water partition coefficient (Wildman–Crippen LogP) is 0.537. The number of anilines is 1. The zero-order valence-electron chi connectivity index (χ0n) is 9.38. The molecule has 0 unspecified atom stereocenters. The maximum absolute atomic E-state index is 11.9. The molecule has 1 amide bonds. The van der Waals surface area contributed by atoms with Crippen molar-refractivity contribution in [2.75, 3.05) is 11.9 Å². The van der Waals surface area contributed by atoms with Crippen LogP contribution in [0.1, 0.15) is 10.4 Å². The molecule has 0 atom stereocenters. The lowest BCUT2D eigenvalue weighted by atomic mass is 10.2. The van der Waals surface area contributed by atoms with Crippen molar-refractivity contribution in [3.8, 4) is 0 Å². The highest BCUT2D eigenvalue weighted by molar-refractivity contribution is 6.31. The minimum Gasteiger partial charge on any atom is -0.329 e. The van der Waals surface area contributed by atoms with Crippen LogP contribution in [-0.2, 0) is 6.54 Å². The molecule has 1 aromatic heterocycles. The molecule has 2 rings (SSSR count). The summed E-state index contributed by atoms with van der Waals surface area (Å²) < 4.78 is 1.42. The molecule has 1 aromatic carbocycles. The van der Waals surface area contributed by atoms with Gasteiger partial charge in [0.1, 0.15) is 0 Å². The Balaban J connectivity index is 2.14. The van der Waals surface area contributed by atoms with Crippen LogP contribution in [0.4, 0.5) is 5.95 Å². The summed E-state index contributed by atoms with van der Waals surface area (Å²) in [6.07, 6.45) is 0. The van der Waals surface area contributed by atoms with Gasteiger partial charge in [-0.05, 0) is 28.6 Å². The third-order valence-electron chi connectivity index (χ3n) is 2.18. The van der Waals surface area contributed by atoms with E-state index in [2.05, 4.69) is 20.8 Å². The highest BCUT2D eigenvalue weighted by atomic mass is 35.5. The summed E-state index contributed by atoms with van der Waals surface area (Å²) in [7, 11) is 0. The van der Waals surface area contributed by atoms with E-state index in [-0.39, 0.29) is 11.9 Å². The van der Waals surface area contributed by atoms with E-state index in [1.807, 2.05) is 0 Å². The Bertz CT molecular complexity index is 555. The maximum Gasteiger partial charge on any atom is 0.258 e. The molecule has 0 bridgehead atoms. The van der Waals surface area contributed by atoms with E-state index < -0.39 is 0 Å². The number of nitrogens with zero attached hydrogens (tertiary/aromatic N) is 4. The summed E-state index contributed by atoms with van der Waals surface area (Å²) in [4.78, 5) is 11.9. The lowest BCUT2D eigenvalue weighted by Gasteiger charge is -2.05. The minimum atomic E-state index is -0.328. The third-order valence-corrected chi connectivity index (χ3v) is 2.42. The minimum absolute atomic E-state index is 0.255. The fourth-order valence-electron chi connectivity index (χ4n) is 1.37. The summed E-state index contributed by atoms with van der Waals surface area (Å²) in [5, 5.41) is 14.0. The summed E-state index contributed by atoms with van der Waals surface area (Å²) in [6.45, 7) is 0.809. The standard InChI is InChI=1S/C10H11ClN6O/c11-8-3-1-2-7(6-8)9(18)13-10-14-15-16-17(10)5-4-12/h1-3,6H,4-5,12H2,(H,13,14,16,18). The van der Waals surface area contributed by atoms with Gasteiger partial charge in [0.25, 0.3) is 5.91 Å². The van der Waals surface area contributed by atoms with Gasteiger partial charge in [0.2, 0.25) is 5.95 Å². The number of carbonyl (C=O) groups is 1. The van der Waals surface area contributed by atoms with Crippen LogP contribution in [0.2, 0.25) is 5.02 Å². The Morgan fingerprint density at radius 1 is 1.50 bits per heavy atom. The molecule has 0 aliphatic rings. The summed E-state index contributed by atoms with van der Waals surface area (Å²) in [5.74, 6) is -0.0732. The lowest BCUT2D eigenvalue weighted by Crippen LogP contribution is -2.19. The summed E-state index contributed by atoms with van der Waals surface area (Å²) in [5.41, 5.74) is 5.84. The fourth-order valence-corrected chi connectivity index (χ4v) is 1.56. The molecule has 0 aliphatic carbocycles. The second-order valence-electron chi connectivity index (χ2n) is 3.48. The first-order chi connectivity index (χ1) is 8.70. The van der Waals surface area contributed by atoms with E-state index in [0.717, 1.165) is 0 Å². The predicted molar refractivity (Wildman–Crippen MR) is 66.3 cm³/mol. The molecule has 0 saturated heterocycles. The maximum atomic E-state index is 11.9. The van der Waals surface area contributed by atoms with E-state index >= 15 is 0 Å². The van der Waals surface area contributed by atoms with Crippen LogP contribution in [0.5, 0.6) is 0 Å². The smallest absolute Gasteiger partial charge is 0.258 e. The van der Waals surface area contributed by atoms with Gasteiger partial charge in [0.05, 0.1) is 6.54 Å². The summed E-state index contributed by atoms with van der Waals surface area (Å²) >= 11 is 5.81. The first-order valence-corrected chi connectivity index (χ1v) is 5.61. The second-order valence-corrected chi connectivity index (χ2v) is 3.92. The zero-order valence-corrected chi connectivity index (χ0v) is 10.1. The SMILES string of the molecule is NCCn1nnnc1NC(=O)c1cccc(Cl)c1. The first kappa shape index (κ1) is 12.5. The molecule has 0 fully saturated rings. The number of carbonyl (C=O) groups excluding carboxylic acids is 1. The number of halogens is 1. The van der Waals surface area contributed by atoms with Gasteiger partial charge in [0, 0.05) is 17.1 Å². The number of aromatic nitrogens is 4. The van der Waals surface area contributed by atoms with Crippen LogP contribution in [-0.4, -0.2) is 32.7 Å². The molecule has 7 nitrogen and oxygen atoms in total. The molecular weight excluding hydrogens is 256 g/mol. The van der Waals surface area contributed by atoms with Gasteiger partial charge in [0.15, 0.2) is 0 Å². The van der Waals surface area contributed by atoms with Crippen molar-refractivity contribution in [3.05, 3.63) is 34.9 Å². The van der Waals surface area contributed by atoms with E-state index in [9.17, 15) is 4.79 Å². The van der Waals surface area contributed by atoms with Gasteiger partial charge in [-0.3, -0.25) is 10.1 Å². The number of nitrogens with one attached hydrogen (secondary N) is 1. The van der Waals surface area contributed by atoms with Crippen molar-refractivity contribution in [2.45, 2.75) is 6.54 Å². The molecule has 0 radical (unpaired) electrons. The number of hydrogen-bond acceptors (Lipinski definition) is 5. The number of benzene rings is 1. The number of tetrazole rings is 1. The van der Waals surface area contributed by atoms with Crippen molar-refractivity contribution in [2.24, 2.45) is 5.73 Å². The van der Waals surface area contributed by atoms with Crippen molar-refractivity contribution in [1.82, 2.24) is 20.2 Å². The normalized spacial score (nSPS) is 10.3. The Morgan fingerprint density at radius 2 is 2.33 bits per heavy atom. The molecule has 2 aromatic rings. The van der Waals surface area contributed by atoms with E-state index in [1.54, 1.807) is 24.3 Å². The number of hydrogen-bond donors (Lipinski definition) is 2. The van der Waals surface area contributed by atoms with E-state index in [1.165, 1.54) is 4.68 Å². The molecule has 0 saturated carbocycles. The molecule has 8 heteroatoms. The number of nitrogens with two attached hydrogens (primary N) is 1. The van der Waals surface area contributed by atoms with Crippen molar-refractivity contribution in [1.29, 1.82) is 0 Å². The van der Waals surface area contributed by atoms with Crippen LogP contribution in [0.3, 0.4) is 0 Å². The van der Waals surface area contributed by atoms with Gasteiger partial charge in [-0.2, -0.15) is 0 Å². The largest absolute Gasteiger partial charge is 0.329 e. The Hall–Kier alpha value is -1.99. The molecule has 3 N–H and O–H groups in total. The van der Waals surface area contributed by atoms with E-state index in [0.29, 0.717) is 23.7 Å². The molecule has 1 heterocycles. The average Bonchev–Trinajstić information content (AvgIpc) is 2.77. The monoisotopic (exact) mass is 266 g/mol. The van der Waals surface area contributed by atoms with Crippen LogP contribution in [0.15, 0.2) is 24.3 Å². The molecule has 94 valence electrons. The molecular formula is C10H11ClN6O. The third kappa shape index (κ3) is 2.82. The van der Waals surface area contributed by atoms with Crippen molar-refractivity contribution < 1.29 is 4.79 Å². The van der Waals surface area contributed by atoms with Gasteiger partial charge in [-0.25, -0.2) is 4.68 Å². The molecule has 0 spiro atoms. The quantitative estimate of drug-likeness (QED) is 0.841. The highest BCUT2D eigenvalue weighted by Crippen LogP contribution is 2.12. The summed E-state index contributed by atoms with van der Waals surface area (Å²) in [6, 6.07) is 6.60. The van der Waals surface area contributed by atoms with Crippen LogP contribution < -0.4 is 11.1 Å². The van der Waals surface area contributed by atoms with Crippen LogP contribution in [0, 0.1) is 0 Å². The Kier molecular flexibility index (Phi) is 3.85. The highest BCUT2D eigenvalue weighted by Gasteiger charge is 2.11. The topological polar surface area (TPSA) is 98.7 Å². The van der Waals surface area contributed by atoms with E-state index in [4.69, 9.17) is 17.3 Å². The number of amides is 1. The second kappa shape index (κ2) is 5.56. The van der Waals surface area contributed by atoms with Gasteiger partial charge in [-0.15, -0.1) is 0 Å². The Morgan fingerprint density at radius 3 is 3.06 bits per heavy atom. The van der Waals surface area contributed by atoms with Crippen LogP contribution in [0.25, 0.3) is 0 Å². The molecule has 0 aliphatic heterocycles. The van der Waals surface area contributed by atoms with Crippen LogP contribution >= 0.6 is 11.6 Å².